The number of methoxy groups -OCH3 is 1. The number of esters is 1. The molecule has 0 saturated carbocycles. The fourth-order valence-electron chi connectivity index (χ4n) is 1.62. The molecule has 0 atom stereocenters. The van der Waals surface area contributed by atoms with Crippen molar-refractivity contribution in [3.63, 3.8) is 0 Å². The molecule has 0 bridgehead atoms. The second-order valence-electron chi connectivity index (χ2n) is 3.99. The molecule has 0 radical (unpaired) electrons. The number of halogens is 1. The van der Waals surface area contributed by atoms with E-state index in [4.69, 9.17) is 0 Å². The molecule has 0 aliphatic carbocycles. The van der Waals surface area contributed by atoms with Crippen LogP contribution in [0.15, 0.2) is 52.3 Å². The first-order chi connectivity index (χ1) is 10.0. The number of carbonyl (C=O) groups is 1. The molecule has 0 spiro atoms. The van der Waals surface area contributed by atoms with Crippen molar-refractivity contribution in [3.8, 4) is 0 Å². The number of hydrogen-bond donors (Lipinski definition) is 0. The molecule has 0 saturated heterocycles. The van der Waals surface area contributed by atoms with Gasteiger partial charge in [0, 0.05) is 14.5 Å². The predicted octanol–water partition coefficient (Wildman–Crippen LogP) is 4.14. The van der Waals surface area contributed by atoms with E-state index in [0.717, 1.165) is 8.47 Å². The number of hydrogen-bond acceptors (Lipinski definition) is 5. The maximum atomic E-state index is 11.3. The van der Waals surface area contributed by atoms with Gasteiger partial charge in [-0.2, -0.15) is 0 Å². The van der Waals surface area contributed by atoms with Crippen LogP contribution in [-0.4, -0.2) is 18.0 Å². The Morgan fingerprint density at radius 1 is 1.24 bits per heavy atom. The lowest BCUT2D eigenvalue weighted by atomic mass is 10.2. The van der Waals surface area contributed by atoms with E-state index in [0.29, 0.717) is 10.5 Å². The molecule has 0 amide bonds. The van der Waals surface area contributed by atoms with Gasteiger partial charge >= 0.3 is 5.97 Å². The van der Waals surface area contributed by atoms with Crippen molar-refractivity contribution in [1.82, 2.24) is 0 Å². The summed E-state index contributed by atoms with van der Waals surface area (Å²) in [5.41, 5.74) is 0.517. The Kier molecular flexibility index (Phi) is 5.18. The van der Waals surface area contributed by atoms with Crippen LogP contribution in [0.1, 0.15) is 10.4 Å². The van der Waals surface area contributed by atoms with Gasteiger partial charge in [-0.3, -0.25) is 10.1 Å². The Morgan fingerprint density at radius 2 is 1.90 bits per heavy atom. The first-order valence-electron chi connectivity index (χ1n) is 5.81. The van der Waals surface area contributed by atoms with Gasteiger partial charge in [0.05, 0.1) is 22.5 Å². The summed E-state index contributed by atoms with van der Waals surface area (Å²) in [6.07, 6.45) is 0. The lowest BCUT2D eigenvalue weighted by molar-refractivity contribution is -0.387. The van der Waals surface area contributed by atoms with E-state index in [1.54, 1.807) is 30.3 Å². The molecule has 2 rings (SSSR count). The summed E-state index contributed by atoms with van der Waals surface area (Å²) >= 11 is 3.32. The van der Waals surface area contributed by atoms with E-state index in [1.807, 2.05) is 28.7 Å². The van der Waals surface area contributed by atoms with Crippen molar-refractivity contribution in [2.45, 2.75) is 9.79 Å². The summed E-state index contributed by atoms with van der Waals surface area (Å²) < 4.78 is 5.43. The van der Waals surface area contributed by atoms with Crippen molar-refractivity contribution in [3.05, 3.63) is 61.7 Å². The number of rotatable bonds is 4. The molecule has 5 nitrogen and oxygen atoms in total. The van der Waals surface area contributed by atoms with Crippen molar-refractivity contribution < 1.29 is 14.5 Å². The first kappa shape index (κ1) is 15.8. The molecule has 0 N–H and O–H groups in total. The average Bonchev–Trinajstić information content (AvgIpc) is 2.49. The normalized spacial score (nSPS) is 10.2. The number of nitro benzene ring substituents is 1. The van der Waals surface area contributed by atoms with Crippen LogP contribution in [0, 0.1) is 13.7 Å². The van der Waals surface area contributed by atoms with Gasteiger partial charge in [-0.15, -0.1) is 0 Å². The van der Waals surface area contributed by atoms with Crippen LogP contribution in [0.3, 0.4) is 0 Å². The highest BCUT2D eigenvalue weighted by atomic mass is 127. The molecule has 2 aromatic rings. The second-order valence-corrected chi connectivity index (χ2v) is 6.35. The fraction of sp³-hybridized carbons (Fsp3) is 0.0714. The predicted molar refractivity (Wildman–Crippen MR) is 87.7 cm³/mol. The summed E-state index contributed by atoms with van der Waals surface area (Å²) in [7, 11) is 1.32. The molecule has 2 aromatic carbocycles. The number of nitro groups is 1. The maximum absolute atomic E-state index is 11.3. The van der Waals surface area contributed by atoms with Crippen LogP contribution in [0.2, 0.25) is 0 Å². The van der Waals surface area contributed by atoms with Crippen LogP contribution in [0.25, 0.3) is 0 Å². The molecule has 0 aliphatic heterocycles. The van der Waals surface area contributed by atoms with Crippen molar-refractivity contribution >= 4 is 46.0 Å². The molecule has 7 heteroatoms. The van der Waals surface area contributed by atoms with E-state index in [2.05, 4.69) is 4.74 Å². The highest BCUT2D eigenvalue weighted by Crippen LogP contribution is 2.35. The third kappa shape index (κ3) is 3.94. The van der Waals surface area contributed by atoms with E-state index < -0.39 is 10.9 Å². The highest BCUT2D eigenvalue weighted by Gasteiger charge is 2.15. The molecular formula is C14H10INO4S. The lowest BCUT2D eigenvalue weighted by Gasteiger charge is -2.04. The van der Waals surface area contributed by atoms with E-state index >= 15 is 0 Å². The summed E-state index contributed by atoms with van der Waals surface area (Å²) in [5.74, 6) is -0.410. The monoisotopic (exact) mass is 415 g/mol. The molecule has 0 aromatic heterocycles. The quantitative estimate of drug-likeness (QED) is 0.325. The first-order valence-corrected chi connectivity index (χ1v) is 7.71. The van der Waals surface area contributed by atoms with Gasteiger partial charge in [0.2, 0.25) is 0 Å². The Labute approximate surface area is 139 Å². The van der Waals surface area contributed by atoms with Gasteiger partial charge in [0.15, 0.2) is 0 Å². The Bertz CT molecular complexity index is 688. The fourth-order valence-corrected chi connectivity index (χ4v) is 3.00. The van der Waals surface area contributed by atoms with Crippen LogP contribution in [-0.2, 0) is 4.74 Å². The lowest BCUT2D eigenvalue weighted by Crippen LogP contribution is -2.00. The molecule has 108 valence electrons. The molecule has 0 unspecified atom stereocenters. The Balaban J connectivity index is 2.26. The summed E-state index contributed by atoms with van der Waals surface area (Å²) in [5, 5.41) is 11.1. The maximum Gasteiger partial charge on any atom is 0.337 e. The summed E-state index contributed by atoms with van der Waals surface area (Å²) in [6.45, 7) is 0. The minimum absolute atomic E-state index is 0.0731. The zero-order chi connectivity index (χ0) is 15.4. The Hall–Kier alpha value is -1.61. The van der Waals surface area contributed by atoms with Gasteiger partial charge in [-0.1, -0.05) is 11.8 Å². The topological polar surface area (TPSA) is 69.4 Å². The average molecular weight is 415 g/mol. The van der Waals surface area contributed by atoms with Crippen molar-refractivity contribution in [2.24, 2.45) is 0 Å². The van der Waals surface area contributed by atoms with E-state index in [-0.39, 0.29) is 5.69 Å². The largest absolute Gasteiger partial charge is 0.465 e. The summed E-state index contributed by atoms with van der Waals surface area (Å²) in [6, 6.07) is 11.8. The van der Waals surface area contributed by atoms with E-state index in [9.17, 15) is 14.9 Å². The van der Waals surface area contributed by atoms with Crippen molar-refractivity contribution in [2.75, 3.05) is 7.11 Å². The molecule has 0 heterocycles. The molecular weight excluding hydrogens is 405 g/mol. The number of ether oxygens (including phenoxy) is 1. The second kappa shape index (κ2) is 6.90. The molecule has 0 fully saturated rings. The standard InChI is InChI=1S/C14H10INO4S/c1-20-14(17)9-2-5-11(6-3-9)21-13-7-4-10(15)8-12(13)16(18)19/h2-8H,1H3. The summed E-state index contributed by atoms with van der Waals surface area (Å²) in [4.78, 5) is 23.4. The smallest absolute Gasteiger partial charge is 0.337 e. The Morgan fingerprint density at radius 3 is 2.48 bits per heavy atom. The van der Waals surface area contributed by atoms with Crippen LogP contribution < -0.4 is 0 Å². The van der Waals surface area contributed by atoms with Gasteiger partial charge in [0.25, 0.3) is 5.69 Å². The number of benzene rings is 2. The van der Waals surface area contributed by atoms with Crippen LogP contribution >= 0.6 is 34.4 Å². The SMILES string of the molecule is COC(=O)c1ccc(Sc2ccc(I)cc2[N+](=O)[O-])cc1. The third-order valence-electron chi connectivity index (χ3n) is 2.62. The number of nitrogens with zero attached hydrogens (tertiary/aromatic N) is 1. The molecule has 21 heavy (non-hydrogen) atoms. The van der Waals surface area contributed by atoms with Crippen LogP contribution in [0.5, 0.6) is 0 Å². The van der Waals surface area contributed by atoms with Crippen molar-refractivity contribution in [1.29, 1.82) is 0 Å². The van der Waals surface area contributed by atoms with Crippen LogP contribution in [0.4, 0.5) is 5.69 Å². The number of carbonyl (C=O) groups excluding carboxylic acids is 1. The van der Waals surface area contributed by atoms with Gasteiger partial charge < -0.3 is 4.74 Å². The van der Waals surface area contributed by atoms with E-state index in [1.165, 1.54) is 24.9 Å². The third-order valence-corrected chi connectivity index (χ3v) is 4.36. The highest BCUT2D eigenvalue weighted by molar-refractivity contribution is 14.1. The molecule has 0 aliphatic rings. The van der Waals surface area contributed by atoms with Gasteiger partial charge in [-0.05, 0) is 59.0 Å². The zero-order valence-corrected chi connectivity index (χ0v) is 13.9. The minimum atomic E-state index is -0.410. The minimum Gasteiger partial charge on any atom is -0.465 e. The van der Waals surface area contributed by atoms with Gasteiger partial charge in [-0.25, -0.2) is 4.79 Å². The van der Waals surface area contributed by atoms with Gasteiger partial charge in [0.1, 0.15) is 0 Å². The zero-order valence-electron chi connectivity index (χ0n) is 10.9.